The minimum absolute atomic E-state index is 0.0982. The summed E-state index contributed by atoms with van der Waals surface area (Å²) >= 11 is 5.90. The number of nitrogens with zero attached hydrogens (tertiary/aromatic N) is 1. The lowest BCUT2D eigenvalue weighted by Gasteiger charge is -2.17. The van der Waals surface area contributed by atoms with E-state index < -0.39 is 0 Å². The molecule has 0 aliphatic carbocycles. The molecule has 0 saturated heterocycles. The summed E-state index contributed by atoms with van der Waals surface area (Å²) in [5, 5.41) is 12.8. The van der Waals surface area contributed by atoms with Gasteiger partial charge in [0.25, 0.3) is 0 Å². The van der Waals surface area contributed by atoms with E-state index >= 15 is 0 Å². The molecule has 1 rings (SSSR count). The van der Waals surface area contributed by atoms with Crippen molar-refractivity contribution in [1.29, 1.82) is 5.26 Å². The van der Waals surface area contributed by atoms with Gasteiger partial charge in [-0.25, -0.2) is 0 Å². The van der Waals surface area contributed by atoms with Crippen LogP contribution in [-0.2, 0) is 0 Å². The molecule has 0 spiro atoms. The summed E-state index contributed by atoms with van der Waals surface area (Å²) in [4.78, 5) is 0. The molecule has 0 radical (unpaired) electrons. The first-order chi connectivity index (χ1) is 7.17. The molecule has 1 aromatic rings. The van der Waals surface area contributed by atoms with Crippen LogP contribution >= 0.6 is 11.6 Å². The summed E-state index contributed by atoms with van der Waals surface area (Å²) in [6, 6.07) is 9.97. The highest BCUT2D eigenvalue weighted by molar-refractivity contribution is 6.30. The Labute approximate surface area is 95.9 Å². The van der Waals surface area contributed by atoms with Crippen LogP contribution in [-0.4, -0.2) is 6.04 Å². The fourth-order valence-corrected chi connectivity index (χ4v) is 1.62. The largest absolute Gasteiger partial charge is 0.295 e. The van der Waals surface area contributed by atoms with E-state index in [0.29, 0.717) is 0 Å². The van der Waals surface area contributed by atoms with Crippen molar-refractivity contribution in [3.63, 3.8) is 0 Å². The first-order valence-electron chi connectivity index (χ1n) is 5.08. The Kier molecular flexibility index (Phi) is 4.61. The maximum absolute atomic E-state index is 8.84. The predicted octanol–water partition coefficient (Wildman–Crippen LogP) is 3.29. The van der Waals surface area contributed by atoms with Gasteiger partial charge < -0.3 is 0 Å². The summed E-state index contributed by atoms with van der Waals surface area (Å²) < 4.78 is 0. The van der Waals surface area contributed by atoms with Crippen molar-refractivity contribution in [1.82, 2.24) is 5.32 Å². The predicted molar refractivity (Wildman–Crippen MR) is 62.7 cm³/mol. The lowest BCUT2D eigenvalue weighted by Crippen LogP contribution is -2.29. The zero-order valence-electron chi connectivity index (χ0n) is 9.00. The first-order valence-corrected chi connectivity index (χ1v) is 5.46. The van der Waals surface area contributed by atoms with Gasteiger partial charge in [-0.15, -0.1) is 0 Å². The number of hydrogen-bond donors (Lipinski definition) is 1. The molecule has 2 atom stereocenters. The second-order valence-corrected chi connectivity index (χ2v) is 3.97. The molecule has 3 heteroatoms. The standard InChI is InChI=1S/C12H15ClN2/c1-3-12(8-14)15-9(2)10-5-4-6-11(13)7-10/h4-7,9,12,15H,3H2,1-2H3/t9-,12?/m1/s1. The van der Waals surface area contributed by atoms with Crippen LogP contribution in [0.25, 0.3) is 0 Å². The molecule has 0 saturated carbocycles. The third-order valence-electron chi connectivity index (χ3n) is 2.36. The molecule has 1 aromatic carbocycles. The topological polar surface area (TPSA) is 35.8 Å². The third kappa shape index (κ3) is 3.54. The molecule has 0 aliphatic heterocycles. The van der Waals surface area contributed by atoms with E-state index in [9.17, 15) is 0 Å². The van der Waals surface area contributed by atoms with Gasteiger partial charge in [-0.3, -0.25) is 5.32 Å². The van der Waals surface area contributed by atoms with Crippen LogP contribution in [0.2, 0.25) is 5.02 Å². The second kappa shape index (κ2) is 5.75. The fourth-order valence-electron chi connectivity index (χ4n) is 1.42. The molecular formula is C12H15ClN2. The minimum Gasteiger partial charge on any atom is -0.295 e. The Morgan fingerprint density at radius 3 is 2.80 bits per heavy atom. The van der Waals surface area contributed by atoms with E-state index in [0.717, 1.165) is 17.0 Å². The molecule has 0 heterocycles. The van der Waals surface area contributed by atoms with E-state index in [1.807, 2.05) is 38.1 Å². The van der Waals surface area contributed by atoms with Gasteiger partial charge in [0.1, 0.15) is 0 Å². The Morgan fingerprint density at radius 2 is 2.27 bits per heavy atom. The second-order valence-electron chi connectivity index (χ2n) is 3.53. The van der Waals surface area contributed by atoms with Crippen LogP contribution in [0.1, 0.15) is 31.9 Å². The van der Waals surface area contributed by atoms with Crippen molar-refractivity contribution >= 4 is 11.6 Å². The van der Waals surface area contributed by atoms with Crippen LogP contribution in [0.4, 0.5) is 0 Å². The van der Waals surface area contributed by atoms with Gasteiger partial charge in [0.2, 0.25) is 0 Å². The van der Waals surface area contributed by atoms with E-state index in [-0.39, 0.29) is 12.1 Å². The van der Waals surface area contributed by atoms with Gasteiger partial charge in [-0.05, 0) is 31.0 Å². The highest BCUT2D eigenvalue weighted by Gasteiger charge is 2.10. The maximum Gasteiger partial charge on any atom is 0.0954 e. The average Bonchev–Trinajstić information content (AvgIpc) is 2.25. The number of rotatable bonds is 4. The molecule has 0 bridgehead atoms. The van der Waals surface area contributed by atoms with Crippen LogP contribution < -0.4 is 5.32 Å². The van der Waals surface area contributed by atoms with E-state index in [1.54, 1.807) is 0 Å². The Balaban J connectivity index is 2.69. The zero-order valence-corrected chi connectivity index (χ0v) is 9.75. The monoisotopic (exact) mass is 222 g/mol. The highest BCUT2D eigenvalue weighted by Crippen LogP contribution is 2.17. The van der Waals surface area contributed by atoms with Crippen molar-refractivity contribution in [2.75, 3.05) is 0 Å². The van der Waals surface area contributed by atoms with Gasteiger partial charge in [0, 0.05) is 11.1 Å². The zero-order chi connectivity index (χ0) is 11.3. The Hall–Kier alpha value is -1.04. The smallest absolute Gasteiger partial charge is 0.0954 e. The average molecular weight is 223 g/mol. The maximum atomic E-state index is 8.84. The van der Waals surface area contributed by atoms with Crippen molar-refractivity contribution in [3.8, 4) is 6.07 Å². The van der Waals surface area contributed by atoms with E-state index in [1.165, 1.54) is 0 Å². The van der Waals surface area contributed by atoms with E-state index in [4.69, 9.17) is 16.9 Å². The van der Waals surface area contributed by atoms with Crippen LogP contribution in [0.15, 0.2) is 24.3 Å². The minimum atomic E-state index is -0.0982. The molecular weight excluding hydrogens is 208 g/mol. The van der Waals surface area contributed by atoms with Crippen LogP contribution in [0, 0.1) is 11.3 Å². The Morgan fingerprint density at radius 1 is 1.53 bits per heavy atom. The molecule has 0 aromatic heterocycles. The summed E-state index contributed by atoms with van der Waals surface area (Å²) in [5.74, 6) is 0. The molecule has 0 amide bonds. The van der Waals surface area contributed by atoms with Gasteiger partial charge in [0.15, 0.2) is 0 Å². The van der Waals surface area contributed by atoms with Crippen LogP contribution in [0.5, 0.6) is 0 Å². The normalized spacial score (nSPS) is 14.3. The Bertz CT molecular complexity index is 357. The quantitative estimate of drug-likeness (QED) is 0.849. The van der Waals surface area contributed by atoms with Crippen molar-refractivity contribution < 1.29 is 0 Å². The molecule has 1 N–H and O–H groups in total. The number of halogens is 1. The molecule has 1 unspecified atom stereocenters. The summed E-state index contributed by atoms with van der Waals surface area (Å²) in [6.45, 7) is 4.03. The SMILES string of the molecule is CCC(C#N)N[C@H](C)c1cccc(Cl)c1. The lowest BCUT2D eigenvalue weighted by molar-refractivity contribution is 0.508. The summed E-state index contributed by atoms with van der Waals surface area (Å²) in [7, 11) is 0. The van der Waals surface area contributed by atoms with Crippen LogP contribution in [0.3, 0.4) is 0 Å². The van der Waals surface area contributed by atoms with E-state index in [2.05, 4.69) is 11.4 Å². The fraction of sp³-hybridized carbons (Fsp3) is 0.417. The number of benzene rings is 1. The van der Waals surface area contributed by atoms with Gasteiger partial charge in [-0.2, -0.15) is 5.26 Å². The number of hydrogen-bond acceptors (Lipinski definition) is 2. The molecule has 2 nitrogen and oxygen atoms in total. The first kappa shape index (κ1) is 12.0. The van der Waals surface area contributed by atoms with Crippen molar-refractivity contribution in [2.24, 2.45) is 0 Å². The molecule has 80 valence electrons. The van der Waals surface area contributed by atoms with Gasteiger partial charge in [-0.1, -0.05) is 30.7 Å². The van der Waals surface area contributed by atoms with Gasteiger partial charge >= 0.3 is 0 Å². The molecule has 0 fully saturated rings. The van der Waals surface area contributed by atoms with Crippen molar-refractivity contribution in [3.05, 3.63) is 34.9 Å². The number of nitriles is 1. The number of nitrogens with one attached hydrogen (secondary N) is 1. The summed E-state index contributed by atoms with van der Waals surface area (Å²) in [5.41, 5.74) is 1.11. The lowest BCUT2D eigenvalue weighted by atomic mass is 10.1. The molecule has 0 aliphatic rings. The highest BCUT2D eigenvalue weighted by atomic mass is 35.5. The van der Waals surface area contributed by atoms with Gasteiger partial charge in [0.05, 0.1) is 12.1 Å². The van der Waals surface area contributed by atoms with Crippen molar-refractivity contribution in [2.45, 2.75) is 32.4 Å². The third-order valence-corrected chi connectivity index (χ3v) is 2.60. The summed E-state index contributed by atoms with van der Waals surface area (Å²) in [6.07, 6.45) is 0.807. The molecule has 15 heavy (non-hydrogen) atoms.